The molecule has 1 aliphatic heterocycles. The Balaban J connectivity index is 3.01. The fourth-order valence-electron chi connectivity index (χ4n) is 2.19. The van der Waals surface area contributed by atoms with Gasteiger partial charge in [0.15, 0.2) is 0 Å². The van der Waals surface area contributed by atoms with E-state index < -0.39 is 29.4 Å². The van der Waals surface area contributed by atoms with Crippen LogP contribution in [0.15, 0.2) is 12.7 Å². The number of hydrogen-bond donors (Lipinski definition) is 1. The second-order valence-electron chi connectivity index (χ2n) is 5.59. The van der Waals surface area contributed by atoms with E-state index in [0.29, 0.717) is 13.0 Å². The number of carboxylic acid groups (broad SMARTS) is 1. The van der Waals surface area contributed by atoms with E-state index in [9.17, 15) is 19.5 Å². The number of aliphatic carboxylic acids is 1. The fourth-order valence-corrected chi connectivity index (χ4v) is 2.19. The van der Waals surface area contributed by atoms with E-state index in [0.717, 1.165) is 18.9 Å². The van der Waals surface area contributed by atoms with Crippen molar-refractivity contribution in [1.82, 2.24) is 0 Å². The van der Waals surface area contributed by atoms with Crippen LogP contribution in [0.1, 0.15) is 39.5 Å². The molecular weight excluding hydrogens is 304 g/mol. The number of unbranched alkanes of at least 4 members (excludes halogenated alkanes) is 2. The highest BCUT2D eigenvalue weighted by atomic mass is 16.6. The largest absolute Gasteiger partial charge is 0.481 e. The van der Waals surface area contributed by atoms with Crippen molar-refractivity contribution < 1.29 is 33.7 Å². The third-order valence-electron chi connectivity index (χ3n) is 3.82. The summed E-state index contributed by atoms with van der Waals surface area (Å²) in [6, 6.07) is 0. The van der Waals surface area contributed by atoms with Crippen LogP contribution in [0.4, 0.5) is 0 Å². The summed E-state index contributed by atoms with van der Waals surface area (Å²) < 4.78 is 15.3. The molecular formula is C16H24O7. The lowest BCUT2D eigenvalue weighted by Crippen LogP contribution is -2.52. The van der Waals surface area contributed by atoms with Crippen molar-refractivity contribution in [3.8, 4) is 0 Å². The maximum absolute atomic E-state index is 12.5. The van der Waals surface area contributed by atoms with Crippen molar-refractivity contribution in [3.63, 3.8) is 0 Å². The Bertz CT molecular complexity index is 455. The van der Waals surface area contributed by atoms with E-state index in [1.54, 1.807) is 0 Å². The predicted octanol–water partition coefficient (Wildman–Crippen LogP) is 1.70. The smallest absolute Gasteiger partial charge is 0.351 e. The van der Waals surface area contributed by atoms with Gasteiger partial charge in [0.1, 0.15) is 18.6 Å². The molecule has 1 heterocycles. The highest BCUT2D eigenvalue weighted by molar-refractivity contribution is 5.91. The van der Waals surface area contributed by atoms with Crippen LogP contribution < -0.4 is 0 Å². The van der Waals surface area contributed by atoms with Crippen LogP contribution in [-0.2, 0) is 28.6 Å². The van der Waals surface area contributed by atoms with Crippen molar-refractivity contribution >= 4 is 17.9 Å². The summed E-state index contributed by atoms with van der Waals surface area (Å²) in [6.07, 6.45) is 3.01. The molecule has 0 aromatic carbocycles. The quantitative estimate of drug-likeness (QED) is 0.266. The lowest BCUT2D eigenvalue weighted by molar-refractivity contribution is -0.192. The number of carbonyl (C=O) groups is 3. The summed E-state index contributed by atoms with van der Waals surface area (Å²) in [4.78, 5) is 35.7. The van der Waals surface area contributed by atoms with Gasteiger partial charge in [0, 0.05) is 6.08 Å². The minimum atomic E-state index is -1.86. The number of hydrogen-bond acceptors (Lipinski definition) is 6. The van der Waals surface area contributed by atoms with Crippen molar-refractivity contribution in [3.05, 3.63) is 12.7 Å². The van der Waals surface area contributed by atoms with Crippen molar-refractivity contribution in [2.45, 2.75) is 51.2 Å². The predicted molar refractivity (Wildman–Crippen MR) is 80.7 cm³/mol. The summed E-state index contributed by atoms with van der Waals surface area (Å²) in [5.74, 6) is -4.18. The van der Waals surface area contributed by atoms with Gasteiger partial charge in [-0.15, -0.1) is 0 Å². The second-order valence-corrected chi connectivity index (χ2v) is 5.59. The molecule has 1 aliphatic rings. The third kappa shape index (κ3) is 5.35. The minimum Gasteiger partial charge on any atom is -0.481 e. The summed E-state index contributed by atoms with van der Waals surface area (Å²) in [6.45, 7) is 7.12. The monoisotopic (exact) mass is 328 g/mol. The number of rotatable bonds is 11. The maximum Gasteiger partial charge on any atom is 0.351 e. The van der Waals surface area contributed by atoms with Gasteiger partial charge in [-0.3, -0.25) is 4.79 Å². The Morgan fingerprint density at radius 3 is 2.57 bits per heavy atom. The molecule has 7 heteroatoms. The summed E-state index contributed by atoms with van der Waals surface area (Å²) in [7, 11) is 0. The normalized spacial score (nSPS) is 20.0. The zero-order chi connectivity index (χ0) is 17.5. The van der Waals surface area contributed by atoms with Gasteiger partial charge in [-0.05, 0) is 19.8 Å². The van der Waals surface area contributed by atoms with E-state index in [4.69, 9.17) is 14.2 Å². The lowest BCUT2D eigenvalue weighted by atomic mass is 9.83. The maximum atomic E-state index is 12.5. The average Bonchev–Trinajstić information content (AvgIpc) is 3.34. The Labute approximate surface area is 135 Å². The van der Waals surface area contributed by atoms with Crippen LogP contribution in [0.5, 0.6) is 0 Å². The SMILES string of the molecule is C=CC(=O)OC(CCCCC)(C(=O)OCC1CO1)C(C)C(=O)O. The highest BCUT2D eigenvalue weighted by Gasteiger charge is 2.51. The number of ether oxygens (including phenoxy) is 3. The van der Waals surface area contributed by atoms with Gasteiger partial charge >= 0.3 is 17.9 Å². The van der Waals surface area contributed by atoms with Crippen LogP contribution in [0.2, 0.25) is 0 Å². The standard InChI is InChI=1S/C16H24O7/c1-4-6-7-8-16(11(3)14(18)19,23-13(17)5-2)15(20)22-10-12-9-21-12/h5,11-12H,2,4,6-10H2,1,3H3,(H,18,19). The topological polar surface area (TPSA) is 102 Å². The summed E-state index contributed by atoms with van der Waals surface area (Å²) >= 11 is 0. The van der Waals surface area contributed by atoms with Crippen LogP contribution in [0.25, 0.3) is 0 Å². The zero-order valence-corrected chi connectivity index (χ0v) is 13.6. The van der Waals surface area contributed by atoms with Crippen molar-refractivity contribution in [2.24, 2.45) is 5.92 Å². The van der Waals surface area contributed by atoms with Crippen molar-refractivity contribution in [2.75, 3.05) is 13.2 Å². The van der Waals surface area contributed by atoms with E-state index in [1.165, 1.54) is 6.92 Å². The molecule has 0 bridgehead atoms. The Hall–Kier alpha value is -1.89. The van der Waals surface area contributed by atoms with E-state index in [-0.39, 0.29) is 19.1 Å². The van der Waals surface area contributed by atoms with Gasteiger partial charge in [-0.1, -0.05) is 26.3 Å². The molecule has 23 heavy (non-hydrogen) atoms. The molecule has 0 aromatic rings. The molecule has 1 N–H and O–H groups in total. The van der Waals surface area contributed by atoms with Gasteiger partial charge < -0.3 is 19.3 Å². The molecule has 130 valence electrons. The molecule has 0 aromatic heterocycles. The molecule has 1 fully saturated rings. The van der Waals surface area contributed by atoms with Gasteiger partial charge in [0.25, 0.3) is 0 Å². The van der Waals surface area contributed by atoms with E-state index >= 15 is 0 Å². The Kier molecular flexibility index (Phi) is 7.22. The summed E-state index contributed by atoms with van der Waals surface area (Å²) in [5.41, 5.74) is -1.86. The van der Waals surface area contributed by atoms with Crippen LogP contribution >= 0.6 is 0 Å². The minimum absolute atomic E-state index is 0.0202. The molecule has 0 saturated carbocycles. The molecule has 1 saturated heterocycles. The molecule has 3 atom stereocenters. The number of esters is 2. The first-order valence-corrected chi connectivity index (χ1v) is 7.74. The first-order valence-electron chi connectivity index (χ1n) is 7.74. The van der Waals surface area contributed by atoms with Gasteiger partial charge in [-0.25, -0.2) is 9.59 Å². The van der Waals surface area contributed by atoms with Crippen LogP contribution in [0.3, 0.4) is 0 Å². The molecule has 0 amide bonds. The van der Waals surface area contributed by atoms with Crippen molar-refractivity contribution in [1.29, 1.82) is 0 Å². The molecule has 7 nitrogen and oxygen atoms in total. The highest BCUT2D eigenvalue weighted by Crippen LogP contribution is 2.32. The zero-order valence-electron chi connectivity index (χ0n) is 13.6. The van der Waals surface area contributed by atoms with Crippen LogP contribution in [0, 0.1) is 5.92 Å². The molecule has 0 aliphatic carbocycles. The fraction of sp³-hybridized carbons (Fsp3) is 0.688. The summed E-state index contributed by atoms with van der Waals surface area (Å²) in [5, 5.41) is 9.35. The number of carboxylic acids is 1. The van der Waals surface area contributed by atoms with Gasteiger partial charge in [0.2, 0.25) is 5.60 Å². The van der Waals surface area contributed by atoms with E-state index in [2.05, 4.69) is 6.58 Å². The van der Waals surface area contributed by atoms with Crippen LogP contribution in [-0.4, -0.2) is 47.9 Å². The number of carbonyl (C=O) groups excluding carboxylic acids is 2. The Morgan fingerprint density at radius 2 is 2.09 bits per heavy atom. The molecule has 1 rings (SSSR count). The molecule has 3 unspecified atom stereocenters. The van der Waals surface area contributed by atoms with Gasteiger partial charge in [-0.2, -0.15) is 0 Å². The van der Waals surface area contributed by atoms with E-state index in [1.807, 2.05) is 6.92 Å². The molecule has 0 radical (unpaired) electrons. The number of epoxide rings is 1. The third-order valence-corrected chi connectivity index (χ3v) is 3.82. The first-order chi connectivity index (χ1) is 10.9. The first kappa shape index (κ1) is 19.2. The van der Waals surface area contributed by atoms with Gasteiger partial charge in [0.05, 0.1) is 6.61 Å². The Morgan fingerprint density at radius 1 is 1.43 bits per heavy atom. The average molecular weight is 328 g/mol. The molecule has 0 spiro atoms. The second kappa shape index (κ2) is 8.67. The lowest BCUT2D eigenvalue weighted by Gasteiger charge is -2.34.